The molecular weight excluding hydrogens is 377 g/mol. The van der Waals surface area contributed by atoms with Crippen molar-refractivity contribution in [3.05, 3.63) is 69.7 Å². The Kier molecular flexibility index (Phi) is 7.51. The number of ether oxygens (including phenoxy) is 2. The van der Waals surface area contributed by atoms with Gasteiger partial charge in [-0.1, -0.05) is 41.4 Å². The molecule has 2 aromatic rings. The van der Waals surface area contributed by atoms with Crippen LogP contribution in [0.2, 0.25) is 10.0 Å². The van der Waals surface area contributed by atoms with E-state index in [9.17, 15) is 9.59 Å². The summed E-state index contributed by atoms with van der Waals surface area (Å²) in [6.45, 7) is -0.0374. The highest BCUT2D eigenvalue weighted by molar-refractivity contribution is 6.35. The number of hydrogen-bond donors (Lipinski definition) is 1. The van der Waals surface area contributed by atoms with E-state index in [0.29, 0.717) is 22.2 Å². The normalized spacial score (nSPS) is 10.6. The number of halogens is 2. The molecule has 7 heteroatoms. The molecule has 0 heterocycles. The van der Waals surface area contributed by atoms with Gasteiger partial charge in [0.15, 0.2) is 6.61 Å². The van der Waals surface area contributed by atoms with Crippen LogP contribution in [0.3, 0.4) is 0 Å². The predicted molar refractivity (Wildman–Crippen MR) is 101 cm³/mol. The van der Waals surface area contributed by atoms with Crippen molar-refractivity contribution >= 4 is 41.2 Å². The van der Waals surface area contributed by atoms with Crippen LogP contribution in [0, 0.1) is 0 Å². The smallest absolute Gasteiger partial charge is 0.331 e. The van der Waals surface area contributed by atoms with Gasteiger partial charge in [0, 0.05) is 22.7 Å². The van der Waals surface area contributed by atoms with Gasteiger partial charge in [-0.05, 0) is 41.5 Å². The van der Waals surface area contributed by atoms with Crippen LogP contribution in [-0.4, -0.2) is 25.6 Å². The quantitative estimate of drug-likeness (QED) is 0.572. The zero-order chi connectivity index (χ0) is 18.9. The van der Waals surface area contributed by atoms with Crippen molar-refractivity contribution in [1.29, 1.82) is 0 Å². The summed E-state index contributed by atoms with van der Waals surface area (Å²) in [5.74, 6) is -0.302. The molecule has 0 aromatic heterocycles. The fourth-order valence-corrected chi connectivity index (χ4v) is 2.45. The first-order valence-electron chi connectivity index (χ1n) is 7.67. The van der Waals surface area contributed by atoms with Crippen LogP contribution in [0.25, 0.3) is 6.08 Å². The van der Waals surface area contributed by atoms with Crippen molar-refractivity contribution < 1.29 is 19.1 Å². The van der Waals surface area contributed by atoms with Gasteiger partial charge in [-0.2, -0.15) is 0 Å². The van der Waals surface area contributed by atoms with Gasteiger partial charge in [0.1, 0.15) is 5.75 Å². The van der Waals surface area contributed by atoms with Crippen molar-refractivity contribution in [2.45, 2.75) is 6.54 Å². The van der Waals surface area contributed by atoms with Crippen LogP contribution in [0.4, 0.5) is 0 Å². The lowest BCUT2D eigenvalue weighted by Crippen LogP contribution is -2.28. The maximum absolute atomic E-state index is 11.7. The number of amides is 1. The van der Waals surface area contributed by atoms with Gasteiger partial charge < -0.3 is 14.8 Å². The zero-order valence-corrected chi connectivity index (χ0v) is 15.5. The number of benzene rings is 2. The van der Waals surface area contributed by atoms with Crippen LogP contribution in [0.5, 0.6) is 5.75 Å². The molecule has 136 valence electrons. The van der Waals surface area contributed by atoms with Gasteiger partial charge in [-0.3, -0.25) is 4.79 Å². The lowest BCUT2D eigenvalue weighted by atomic mass is 10.2. The molecule has 0 bridgehead atoms. The molecule has 5 nitrogen and oxygen atoms in total. The number of nitrogens with one attached hydrogen (secondary N) is 1. The first-order valence-corrected chi connectivity index (χ1v) is 8.43. The van der Waals surface area contributed by atoms with E-state index in [4.69, 9.17) is 32.7 Å². The van der Waals surface area contributed by atoms with Gasteiger partial charge >= 0.3 is 5.97 Å². The van der Waals surface area contributed by atoms with Crippen molar-refractivity contribution in [2.24, 2.45) is 0 Å². The molecular formula is C19H17Cl2NO4. The van der Waals surface area contributed by atoms with E-state index in [1.165, 1.54) is 12.2 Å². The Labute approximate surface area is 161 Å². The van der Waals surface area contributed by atoms with Crippen molar-refractivity contribution in [2.75, 3.05) is 13.7 Å². The second kappa shape index (κ2) is 9.85. The Morgan fingerprint density at radius 3 is 2.50 bits per heavy atom. The van der Waals surface area contributed by atoms with E-state index >= 15 is 0 Å². The molecule has 0 radical (unpaired) electrons. The molecule has 0 unspecified atom stereocenters. The summed E-state index contributed by atoms with van der Waals surface area (Å²) < 4.78 is 9.95. The van der Waals surface area contributed by atoms with Crippen LogP contribution in [0.1, 0.15) is 11.1 Å². The first-order chi connectivity index (χ1) is 12.5. The maximum atomic E-state index is 11.7. The fourth-order valence-electron chi connectivity index (χ4n) is 1.97. The minimum absolute atomic E-state index is 0.330. The van der Waals surface area contributed by atoms with Crippen LogP contribution < -0.4 is 10.1 Å². The summed E-state index contributed by atoms with van der Waals surface area (Å²) in [6.07, 6.45) is 2.70. The number of carbonyl (C=O) groups excluding carboxylic acids is 2. The molecule has 1 amide bonds. The van der Waals surface area contributed by atoms with E-state index in [2.05, 4.69) is 5.32 Å². The second-order valence-corrected chi connectivity index (χ2v) is 6.08. The van der Waals surface area contributed by atoms with Crippen molar-refractivity contribution in [3.8, 4) is 5.75 Å². The van der Waals surface area contributed by atoms with E-state index in [-0.39, 0.29) is 6.61 Å². The first kappa shape index (κ1) is 19.8. The summed E-state index contributed by atoms with van der Waals surface area (Å²) in [6, 6.07) is 12.2. The molecule has 0 saturated carbocycles. The fraction of sp³-hybridized carbons (Fsp3) is 0.158. The van der Waals surface area contributed by atoms with Crippen LogP contribution in [-0.2, 0) is 20.9 Å². The molecule has 2 rings (SSSR count). The molecule has 0 atom stereocenters. The van der Waals surface area contributed by atoms with Crippen molar-refractivity contribution in [3.63, 3.8) is 0 Å². The predicted octanol–water partition coefficient (Wildman–Crippen LogP) is 3.87. The van der Waals surface area contributed by atoms with Gasteiger partial charge in [-0.15, -0.1) is 0 Å². The molecule has 0 aliphatic carbocycles. The monoisotopic (exact) mass is 393 g/mol. The largest absolute Gasteiger partial charge is 0.497 e. The molecule has 0 aliphatic heterocycles. The minimum atomic E-state index is -0.643. The van der Waals surface area contributed by atoms with Gasteiger partial charge in [-0.25, -0.2) is 4.79 Å². The number of esters is 1. The summed E-state index contributed by atoms with van der Waals surface area (Å²) >= 11 is 11.8. The Morgan fingerprint density at radius 2 is 1.85 bits per heavy atom. The summed E-state index contributed by atoms with van der Waals surface area (Å²) in [5.41, 5.74) is 1.53. The van der Waals surface area contributed by atoms with Gasteiger partial charge in [0.25, 0.3) is 5.91 Å². The minimum Gasteiger partial charge on any atom is -0.497 e. The number of methoxy groups -OCH3 is 1. The molecule has 0 saturated heterocycles. The average Bonchev–Trinajstić information content (AvgIpc) is 2.64. The Hall–Kier alpha value is -2.50. The highest BCUT2D eigenvalue weighted by Crippen LogP contribution is 2.21. The van der Waals surface area contributed by atoms with Crippen molar-refractivity contribution in [1.82, 2.24) is 5.32 Å². The molecule has 26 heavy (non-hydrogen) atoms. The topological polar surface area (TPSA) is 64.6 Å². The van der Waals surface area contributed by atoms with E-state index in [1.807, 2.05) is 12.1 Å². The Morgan fingerprint density at radius 1 is 1.12 bits per heavy atom. The SMILES string of the molecule is COc1ccc(CNC(=O)COC(=O)/C=C/c2ccc(Cl)cc2Cl)cc1. The highest BCUT2D eigenvalue weighted by Gasteiger charge is 2.06. The van der Waals surface area contributed by atoms with E-state index in [0.717, 1.165) is 11.3 Å². The average molecular weight is 394 g/mol. The highest BCUT2D eigenvalue weighted by atomic mass is 35.5. The molecule has 0 spiro atoms. The third kappa shape index (κ3) is 6.43. The lowest BCUT2D eigenvalue weighted by Gasteiger charge is -2.06. The van der Waals surface area contributed by atoms with E-state index in [1.54, 1.807) is 37.4 Å². The van der Waals surface area contributed by atoms with Gasteiger partial charge in [0.05, 0.1) is 7.11 Å². The van der Waals surface area contributed by atoms with E-state index < -0.39 is 11.9 Å². The molecule has 0 fully saturated rings. The Balaban J connectivity index is 1.75. The standard InChI is InChI=1S/C19H17Cl2NO4/c1-25-16-7-2-13(3-8-16)11-22-18(23)12-26-19(24)9-5-14-4-6-15(20)10-17(14)21/h2-10H,11-12H2,1H3,(H,22,23)/b9-5+. The summed E-state index contributed by atoms with van der Waals surface area (Å²) in [4.78, 5) is 23.4. The molecule has 0 aliphatic rings. The second-order valence-electron chi connectivity index (χ2n) is 5.23. The lowest BCUT2D eigenvalue weighted by molar-refractivity contribution is -0.143. The number of rotatable bonds is 7. The van der Waals surface area contributed by atoms with Crippen LogP contribution in [0.15, 0.2) is 48.5 Å². The summed E-state index contributed by atoms with van der Waals surface area (Å²) in [7, 11) is 1.58. The van der Waals surface area contributed by atoms with Crippen LogP contribution >= 0.6 is 23.2 Å². The number of hydrogen-bond acceptors (Lipinski definition) is 4. The Bertz CT molecular complexity index is 804. The third-order valence-electron chi connectivity index (χ3n) is 3.36. The van der Waals surface area contributed by atoms with Gasteiger partial charge in [0.2, 0.25) is 0 Å². The summed E-state index contributed by atoms with van der Waals surface area (Å²) in [5, 5.41) is 3.58. The number of carbonyl (C=O) groups is 2. The third-order valence-corrected chi connectivity index (χ3v) is 3.92. The molecule has 1 N–H and O–H groups in total. The molecule has 2 aromatic carbocycles. The zero-order valence-electron chi connectivity index (χ0n) is 14.0. The maximum Gasteiger partial charge on any atom is 0.331 e.